The normalized spacial score (nSPS) is 19.9. The molecule has 2 aromatic carbocycles. The number of carbonyl (C=O) groups excluding carboxylic acids is 7. The molecule has 4 heterocycles. The van der Waals surface area contributed by atoms with Crippen LogP contribution in [-0.4, -0.2) is 111 Å². The number of carboxylic acids is 1. The fraction of sp³-hybridized carbons (Fsp3) is 0.297. The van der Waals surface area contributed by atoms with Crippen molar-refractivity contribution in [2.75, 3.05) is 43.2 Å². The van der Waals surface area contributed by atoms with Crippen LogP contribution in [0.15, 0.2) is 101 Å². The third-order valence-corrected chi connectivity index (χ3v) is 12.0. The van der Waals surface area contributed by atoms with Crippen molar-refractivity contribution in [1.82, 2.24) is 30.5 Å². The summed E-state index contributed by atoms with van der Waals surface area (Å²) < 4.78 is 1.93. The monoisotopic (exact) mass is 786 g/mol. The lowest BCUT2D eigenvalue weighted by atomic mass is 9.94. The average Bonchev–Trinajstić information content (AvgIpc) is 3.20. The number of likely N-dealkylation sites (N-methyl/N-ethyl adjacent to an activating group) is 1. The molecule has 3 aliphatic rings. The first-order chi connectivity index (χ1) is 26.5. The van der Waals surface area contributed by atoms with Crippen molar-refractivity contribution in [2.24, 2.45) is 0 Å². The van der Waals surface area contributed by atoms with Gasteiger partial charge in [0.15, 0.2) is 6.04 Å². The van der Waals surface area contributed by atoms with E-state index < -0.39 is 46.7 Å². The van der Waals surface area contributed by atoms with E-state index in [0.717, 1.165) is 37.1 Å². The van der Waals surface area contributed by atoms with Crippen LogP contribution in [0.2, 0.25) is 0 Å². The molecule has 0 bridgehead atoms. The number of aromatic nitrogens is 1. The van der Waals surface area contributed by atoms with Crippen molar-refractivity contribution >= 4 is 65.9 Å². The number of rotatable bonds is 16. The second-order valence-electron chi connectivity index (χ2n) is 12.8. The van der Waals surface area contributed by atoms with Crippen molar-refractivity contribution in [3.63, 3.8) is 0 Å². The van der Waals surface area contributed by atoms with Gasteiger partial charge in [0.1, 0.15) is 5.37 Å². The lowest BCUT2D eigenvalue weighted by molar-refractivity contribution is -0.692. The molecule has 55 heavy (non-hydrogen) atoms. The Labute approximate surface area is 325 Å². The fourth-order valence-corrected chi connectivity index (χ4v) is 9.14. The predicted molar refractivity (Wildman–Crippen MR) is 198 cm³/mol. The Morgan fingerprint density at radius 2 is 1.69 bits per heavy atom. The molecule has 3 atom stereocenters. The molecule has 6 amide bonds. The van der Waals surface area contributed by atoms with E-state index in [4.69, 9.17) is 0 Å². The maximum atomic E-state index is 14.3. The maximum Gasteiger partial charge on any atom is 0.330 e. The van der Waals surface area contributed by atoms with E-state index in [1.54, 1.807) is 25.1 Å². The largest absolute Gasteiger partial charge is 0.543 e. The number of aliphatic carboxylic acids is 1. The summed E-state index contributed by atoms with van der Waals surface area (Å²) in [5.41, 5.74) is -0.696. The van der Waals surface area contributed by atoms with Crippen LogP contribution < -0.4 is 25.4 Å². The summed E-state index contributed by atoms with van der Waals surface area (Å²) in [6.07, 6.45) is 4.23. The molecule has 2 fully saturated rings. The van der Waals surface area contributed by atoms with Gasteiger partial charge in [0.2, 0.25) is 30.9 Å². The molecule has 0 radical (unpaired) electrons. The summed E-state index contributed by atoms with van der Waals surface area (Å²) in [4.78, 5) is 94.5. The molecule has 0 aliphatic carbocycles. The van der Waals surface area contributed by atoms with Crippen LogP contribution in [0.1, 0.15) is 24.1 Å². The van der Waals surface area contributed by atoms with Crippen LogP contribution in [0.25, 0.3) is 0 Å². The topological polar surface area (TPSA) is 187 Å². The number of amides is 6. The summed E-state index contributed by atoms with van der Waals surface area (Å²) in [6.45, 7) is 2.66. The van der Waals surface area contributed by atoms with E-state index >= 15 is 0 Å². The van der Waals surface area contributed by atoms with Crippen molar-refractivity contribution in [3.05, 3.63) is 108 Å². The highest BCUT2D eigenvalue weighted by atomic mass is 32.2. The zero-order valence-electron chi connectivity index (χ0n) is 29.9. The van der Waals surface area contributed by atoms with Crippen molar-refractivity contribution in [2.45, 2.75) is 35.4 Å². The first-order valence-electron chi connectivity index (χ1n) is 17.2. The quantitative estimate of drug-likeness (QED) is 0.0459. The molecular weight excluding hydrogens is 749 g/mol. The fourth-order valence-electron chi connectivity index (χ4n) is 6.69. The number of carbonyl (C=O) groups is 7. The number of fused-ring (bicyclic) bond motifs is 1. The van der Waals surface area contributed by atoms with Crippen LogP contribution in [0.4, 0.5) is 0 Å². The highest BCUT2D eigenvalue weighted by Crippen LogP contribution is 2.46. The number of carboxylic acid groups (broad SMARTS) is 1. The van der Waals surface area contributed by atoms with Gasteiger partial charge in [-0.05, 0) is 23.6 Å². The van der Waals surface area contributed by atoms with E-state index in [9.17, 15) is 38.7 Å². The summed E-state index contributed by atoms with van der Waals surface area (Å²) in [5.74, 6) is -5.07. The number of hydrogen-bond acceptors (Lipinski definition) is 11. The molecule has 0 saturated carbocycles. The minimum atomic E-state index is -2.12. The Morgan fingerprint density at radius 1 is 1.02 bits per heavy atom. The molecule has 0 unspecified atom stereocenters. The minimum absolute atomic E-state index is 0.0917. The van der Waals surface area contributed by atoms with E-state index in [0.29, 0.717) is 12.1 Å². The zero-order chi connectivity index (χ0) is 39.3. The molecule has 3 aromatic rings. The van der Waals surface area contributed by atoms with Crippen LogP contribution in [-0.2, 0) is 40.1 Å². The second kappa shape index (κ2) is 16.6. The Balaban J connectivity index is 1.21. The number of thioether (sulfide) groups is 2. The molecule has 3 aliphatic heterocycles. The van der Waals surface area contributed by atoms with Crippen molar-refractivity contribution in [1.29, 1.82) is 0 Å². The molecular formula is C37H38N8O8S2. The number of nitrogens with one attached hydrogen (secondary N) is 2. The zero-order valence-corrected chi connectivity index (χ0v) is 31.5. The number of pyridine rings is 1. The number of β-lactam (4-membered cyclic amide) rings is 1. The predicted octanol–water partition coefficient (Wildman–Crippen LogP) is -0.883. The lowest BCUT2D eigenvalue weighted by Gasteiger charge is -2.57. The van der Waals surface area contributed by atoms with Gasteiger partial charge in [0.25, 0.3) is 11.8 Å². The Bertz CT molecular complexity index is 2000. The van der Waals surface area contributed by atoms with Crippen LogP contribution in [0.5, 0.6) is 0 Å². The van der Waals surface area contributed by atoms with E-state index in [2.05, 4.69) is 10.6 Å². The van der Waals surface area contributed by atoms with Gasteiger partial charge in [-0.15, -0.1) is 23.5 Å². The Kier molecular flexibility index (Phi) is 11.8. The third-order valence-electron chi connectivity index (χ3n) is 9.48. The van der Waals surface area contributed by atoms with Gasteiger partial charge in [-0.3, -0.25) is 33.7 Å². The van der Waals surface area contributed by atoms with Crippen LogP contribution in [0, 0.1) is 0 Å². The van der Waals surface area contributed by atoms with Gasteiger partial charge in [-0.1, -0.05) is 65.3 Å². The summed E-state index contributed by atoms with van der Waals surface area (Å²) in [7, 11) is 1.95. The van der Waals surface area contributed by atoms with Crippen LogP contribution >= 0.6 is 23.5 Å². The number of piperazine rings is 1. The number of nitrogens with zero attached hydrogens (tertiary/aromatic N) is 6. The van der Waals surface area contributed by atoms with Gasteiger partial charge < -0.3 is 25.4 Å². The molecule has 0 spiro atoms. The van der Waals surface area contributed by atoms with E-state index in [1.807, 2.05) is 71.6 Å². The smallest absolute Gasteiger partial charge is 0.330 e. The molecule has 18 heteroatoms. The Morgan fingerprint density at radius 3 is 2.31 bits per heavy atom. The molecule has 6 rings (SSSR count). The minimum Gasteiger partial charge on any atom is -0.543 e. The highest BCUT2D eigenvalue weighted by molar-refractivity contribution is 8.01. The number of hydrogen-bond donors (Lipinski definition) is 2. The molecule has 2 N–H and O–H groups in total. The lowest BCUT2D eigenvalue weighted by Crippen LogP contribution is -2.85. The first kappa shape index (κ1) is 38.8. The van der Waals surface area contributed by atoms with Crippen LogP contribution in [0.3, 0.4) is 0 Å². The summed E-state index contributed by atoms with van der Waals surface area (Å²) in [6, 6.07) is 20.1. The van der Waals surface area contributed by atoms with Gasteiger partial charge in [0, 0.05) is 41.6 Å². The SMILES string of the molecule is CCN1CCN(N(C=O)[C@@H](C(=O)N[C@]2(NC=O)C(=O)N3C(C(=O)[O-])=C(CSc4cc[n+](N(C)Cc5ccccc5)cc4)CS[C@@H]32)c2ccccc2)C(=O)C1=O. The second-order valence-corrected chi connectivity index (χ2v) is 14.9. The summed E-state index contributed by atoms with van der Waals surface area (Å²) >= 11 is 2.50. The van der Waals surface area contributed by atoms with Crippen molar-refractivity contribution in [3.8, 4) is 0 Å². The molecule has 286 valence electrons. The Hall–Kier alpha value is -5.88. The number of hydrazine groups is 1. The number of benzene rings is 2. The van der Waals surface area contributed by atoms with Crippen molar-refractivity contribution < 1.29 is 43.3 Å². The van der Waals surface area contributed by atoms with Gasteiger partial charge in [-0.2, -0.15) is 5.01 Å². The molecule has 1 aromatic heterocycles. The average molecular weight is 787 g/mol. The maximum absolute atomic E-state index is 14.3. The molecule has 2 saturated heterocycles. The van der Waals surface area contributed by atoms with Gasteiger partial charge in [0.05, 0.1) is 31.8 Å². The summed E-state index contributed by atoms with van der Waals surface area (Å²) in [5, 5.41) is 20.1. The standard InChI is InChI=1S/C37H38N8O8S2/c1-3-41-18-19-43(33(50)32(41)49)44(24-47)29(26-12-8-5-9-13-26)31(48)39-37(38-23-46)35(53)45-30(34(51)52)27(22-55-36(37)45)21-54-28-14-16-42(17-15-28)40(2)20-25-10-6-4-7-11-25/h4-17,23-24,29,36H,3,18-22H2,1-2H3,(H2-,38,39,46,48,51,52)/t29-,36-,37-/m1/s1. The van der Waals surface area contributed by atoms with E-state index in [-0.39, 0.29) is 55.2 Å². The highest BCUT2D eigenvalue weighted by Gasteiger charge is 2.65. The molecule has 16 nitrogen and oxygen atoms in total. The van der Waals surface area contributed by atoms with E-state index in [1.165, 1.54) is 28.8 Å². The van der Waals surface area contributed by atoms with Gasteiger partial charge >= 0.3 is 11.8 Å². The third kappa shape index (κ3) is 7.59. The first-order valence-corrected chi connectivity index (χ1v) is 19.3. The van der Waals surface area contributed by atoms with Gasteiger partial charge in [-0.25, -0.2) is 10.0 Å².